The average molecular weight is 602 g/mol. The quantitative estimate of drug-likeness (QED) is 0.179. The number of carbonyl (C=O) groups excluding carboxylic acids is 1. The zero-order chi connectivity index (χ0) is 30.6. The van der Waals surface area contributed by atoms with Crippen LogP contribution in [0.25, 0.3) is 21.5 Å². The molecule has 1 unspecified atom stereocenters. The van der Waals surface area contributed by atoms with E-state index in [-0.39, 0.29) is 46.8 Å². The third kappa shape index (κ3) is 3.93. The van der Waals surface area contributed by atoms with Crippen molar-refractivity contribution >= 4 is 33.2 Å². The molecule has 0 aromatic heterocycles. The first-order valence-electron chi connectivity index (χ1n) is 16.4. The summed E-state index contributed by atoms with van der Waals surface area (Å²) in [7, 11) is 0. The van der Waals surface area contributed by atoms with E-state index in [1.807, 2.05) is 24.3 Å². The highest BCUT2D eigenvalue weighted by atomic mass is 16.8. The lowest BCUT2D eigenvalue weighted by atomic mass is 9.41. The Morgan fingerprint density at radius 2 is 1.86 bits per heavy atom. The average Bonchev–Trinajstić information content (AvgIpc) is 3.54. The van der Waals surface area contributed by atoms with Crippen molar-refractivity contribution in [1.29, 1.82) is 0 Å². The number of aliphatic hydroxyl groups is 1. The molecule has 234 valence electrons. The summed E-state index contributed by atoms with van der Waals surface area (Å²) in [6, 6.07) is 10.6. The van der Waals surface area contributed by atoms with E-state index in [2.05, 4.69) is 20.8 Å². The SMILES string of the molecule is CC1(C)CCC[C@]2(C)[C@@H]1CC[C@@]13C[C@@H](CC[C@H]12)[C@@](O)(COC(=O)c1cc2c(c4c1c([NH+]([O-])O)cc1ccccc14)OCO2)C3. The third-order valence-corrected chi connectivity index (χ3v) is 13.0. The van der Waals surface area contributed by atoms with E-state index in [1.54, 1.807) is 6.07 Å². The largest absolute Gasteiger partial charge is 0.595 e. The number of nitrogens with one attached hydrogen (secondary N) is 1. The predicted molar refractivity (Wildman–Crippen MR) is 165 cm³/mol. The van der Waals surface area contributed by atoms with E-state index >= 15 is 0 Å². The van der Waals surface area contributed by atoms with Gasteiger partial charge in [0.15, 0.2) is 17.2 Å². The highest BCUT2D eigenvalue weighted by Crippen LogP contribution is 2.72. The summed E-state index contributed by atoms with van der Waals surface area (Å²) < 4.78 is 17.5. The van der Waals surface area contributed by atoms with Crippen molar-refractivity contribution in [2.75, 3.05) is 13.4 Å². The van der Waals surface area contributed by atoms with Crippen molar-refractivity contribution in [3.63, 3.8) is 0 Å². The topological polar surface area (TPSA) is 113 Å². The van der Waals surface area contributed by atoms with Crippen LogP contribution < -0.4 is 14.7 Å². The first kappa shape index (κ1) is 28.6. The number of carbonyl (C=O) groups is 1. The second-order valence-corrected chi connectivity index (χ2v) is 15.5. The Kier molecular flexibility index (Phi) is 6.20. The van der Waals surface area contributed by atoms with Gasteiger partial charge in [-0.25, -0.2) is 10.0 Å². The van der Waals surface area contributed by atoms with Crippen molar-refractivity contribution in [3.8, 4) is 11.5 Å². The van der Waals surface area contributed by atoms with Gasteiger partial charge in [-0.15, -0.1) is 0 Å². The fraction of sp³-hybridized carbons (Fsp3) is 0.583. The van der Waals surface area contributed by atoms with E-state index in [4.69, 9.17) is 14.2 Å². The molecular weight excluding hydrogens is 558 g/mol. The lowest BCUT2D eigenvalue weighted by Gasteiger charge is -2.64. The predicted octanol–water partition coefficient (Wildman–Crippen LogP) is 6.45. The molecule has 8 nitrogen and oxygen atoms in total. The summed E-state index contributed by atoms with van der Waals surface area (Å²) in [5.41, 5.74) is -0.250. The molecule has 8 heteroatoms. The lowest BCUT2D eigenvalue weighted by molar-refractivity contribution is -0.990. The molecule has 4 aliphatic carbocycles. The maximum absolute atomic E-state index is 13.9. The van der Waals surface area contributed by atoms with Crippen LogP contribution in [-0.2, 0) is 4.74 Å². The Morgan fingerprint density at radius 1 is 1.05 bits per heavy atom. The van der Waals surface area contributed by atoms with E-state index in [9.17, 15) is 20.3 Å². The molecule has 4 fully saturated rings. The summed E-state index contributed by atoms with van der Waals surface area (Å²) >= 11 is 0. The molecule has 1 heterocycles. The van der Waals surface area contributed by atoms with E-state index in [0.29, 0.717) is 40.6 Å². The van der Waals surface area contributed by atoms with Crippen LogP contribution in [0.3, 0.4) is 0 Å². The van der Waals surface area contributed by atoms with E-state index in [1.165, 1.54) is 31.7 Å². The maximum atomic E-state index is 13.9. The minimum Gasteiger partial charge on any atom is -0.595 e. The van der Waals surface area contributed by atoms with Crippen LogP contribution in [0, 0.1) is 39.2 Å². The third-order valence-electron chi connectivity index (χ3n) is 13.0. The number of ether oxygens (including phenoxy) is 3. The molecule has 5 aliphatic rings. The summed E-state index contributed by atoms with van der Waals surface area (Å²) in [4.78, 5) is 13.9. The maximum Gasteiger partial charge on any atom is 0.339 e. The van der Waals surface area contributed by atoms with Gasteiger partial charge in [0.1, 0.15) is 12.2 Å². The van der Waals surface area contributed by atoms with E-state index < -0.39 is 16.8 Å². The summed E-state index contributed by atoms with van der Waals surface area (Å²) in [5.74, 6) is 1.55. The fourth-order valence-corrected chi connectivity index (χ4v) is 11.4. The summed E-state index contributed by atoms with van der Waals surface area (Å²) in [6.07, 6.45) is 9.92. The van der Waals surface area contributed by atoms with Gasteiger partial charge in [0, 0.05) is 11.5 Å². The van der Waals surface area contributed by atoms with Crippen molar-refractivity contribution in [2.45, 2.75) is 84.2 Å². The van der Waals surface area contributed by atoms with Crippen LogP contribution in [-0.4, -0.2) is 35.3 Å². The molecule has 0 amide bonds. The van der Waals surface area contributed by atoms with Gasteiger partial charge in [-0.1, -0.05) is 51.5 Å². The van der Waals surface area contributed by atoms with Crippen LogP contribution >= 0.6 is 0 Å². The molecular formula is C36H43NO7. The van der Waals surface area contributed by atoms with Gasteiger partial charge >= 0.3 is 5.97 Å². The Balaban J connectivity index is 1.12. The Morgan fingerprint density at radius 3 is 2.68 bits per heavy atom. The molecule has 8 rings (SSSR count). The number of fused-ring (bicyclic) bond motifs is 8. The van der Waals surface area contributed by atoms with E-state index in [0.717, 1.165) is 36.5 Å². The number of quaternary nitrogens is 1. The van der Waals surface area contributed by atoms with Gasteiger partial charge in [0.25, 0.3) is 0 Å². The second kappa shape index (κ2) is 9.55. The molecule has 1 aliphatic heterocycles. The van der Waals surface area contributed by atoms with Gasteiger partial charge in [-0.05, 0) is 102 Å². The zero-order valence-corrected chi connectivity index (χ0v) is 25.9. The first-order valence-corrected chi connectivity index (χ1v) is 16.4. The van der Waals surface area contributed by atoms with Crippen LogP contribution in [0.5, 0.6) is 11.5 Å². The Bertz CT molecular complexity index is 1680. The van der Waals surface area contributed by atoms with Crippen molar-refractivity contribution < 1.29 is 34.5 Å². The molecule has 3 N–H and O–H groups in total. The molecule has 7 atom stereocenters. The Labute approximate surface area is 257 Å². The number of hydrogen-bond donors (Lipinski definition) is 3. The van der Waals surface area contributed by atoms with Crippen LogP contribution in [0.1, 0.15) is 88.9 Å². The van der Waals surface area contributed by atoms with Crippen LogP contribution in [0.15, 0.2) is 36.4 Å². The summed E-state index contributed by atoms with van der Waals surface area (Å²) in [6.45, 7) is 7.35. The highest BCUT2D eigenvalue weighted by Gasteiger charge is 2.67. The number of hydrogen-bond acceptors (Lipinski definition) is 7. The smallest absolute Gasteiger partial charge is 0.339 e. The Hall–Kier alpha value is -2.91. The van der Waals surface area contributed by atoms with Crippen molar-refractivity contribution in [3.05, 3.63) is 47.2 Å². The summed E-state index contributed by atoms with van der Waals surface area (Å²) in [5, 5.41) is 36.1. The standard InChI is InChI=1S/C36H43NO7/c1-33(2)12-6-13-34(3)27(33)11-14-35-17-22(9-10-28(34)35)36(39,18-35)19-42-32(38)24-16-26-31(44-20-43-26)30-23-8-5-4-7-21(23)15-25(29(24)30)37(40)41/h4-5,7-8,15-16,22,27-28,37,39-40H,6,9-14,17-20H2,1-3H3/t22-,27-,28+,34-,35+,36+/m1/s1. The normalized spacial score (nSPS) is 35.7. The molecule has 0 radical (unpaired) electrons. The molecule has 2 bridgehead atoms. The fourth-order valence-electron chi connectivity index (χ4n) is 11.4. The van der Waals surface area contributed by atoms with Gasteiger partial charge in [0.05, 0.1) is 10.9 Å². The molecule has 1 spiro atoms. The molecule has 0 saturated heterocycles. The number of rotatable bonds is 4. The van der Waals surface area contributed by atoms with Gasteiger partial charge < -0.3 is 24.5 Å². The van der Waals surface area contributed by atoms with Crippen molar-refractivity contribution in [1.82, 2.24) is 0 Å². The van der Waals surface area contributed by atoms with Gasteiger partial charge in [0.2, 0.25) is 6.79 Å². The number of benzene rings is 3. The van der Waals surface area contributed by atoms with Crippen LogP contribution in [0.4, 0.5) is 5.69 Å². The molecule has 3 aromatic carbocycles. The van der Waals surface area contributed by atoms with Crippen molar-refractivity contribution in [2.24, 2.45) is 34.0 Å². The molecule has 3 aromatic rings. The van der Waals surface area contributed by atoms with Gasteiger partial charge in [-0.2, -0.15) is 5.23 Å². The van der Waals surface area contributed by atoms with Crippen LogP contribution in [0.2, 0.25) is 0 Å². The monoisotopic (exact) mass is 601 g/mol. The minimum absolute atomic E-state index is 0.00141. The highest BCUT2D eigenvalue weighted by molar-refractivity contribution is 6.21. The number of esters is 1. The minimum atomic E-state index is -1.14. The molecule has 4 saturated carbocycles. The first-order chi connectivity index (χ1) is 21.0. The zero-order valence-electron chi connectivity index (χ0n) is 25.9. The van der Waals surface area contributed by atoms with Gasteiger partial charge in [-0.3, -0.25) is 0 Å². The molecule has 44 heavy (non-hydrogen) atoms. The lowest BCUT2D eigenvalue weighted by Crippen LogP contribution is -2.99. The second-order valence-electron chi connectivity index (χ2n) is 15.5.